The second kappa shape index (κ2) is 5.87. The van der Waals surface area contributed by atoms with Crippen molar-refractivity contribution < 1.29 is 5.11 Å². The molecule has 3 nitrogen and oxygen atoms in total. The van der Waals surface area contributed by atoms with Crippen LogP contribution in [-0.2, 0) is 0 Å². The molecule has 2 rings (SSSR count). The molecule has 1 aromatic carbocycles. The Hall–Kier alpha value is -0.840. The summed E-state index contributed by atoms with van der Waals surface area (Å²) < 4.78 is 0. The van der Waals surface area contributed by atoms with E-state index in [4.69, 9.17) is 23.8 Å². The van der Waals surface area contributed by atoms with Crippen LogP contribution in [0.15, 0.2) is 18.2 Å². The number of aliphatic hydroxyl groups is 1. The van der Waals surface area contributed by atoms with Gasteiger partial charge in [-0.25, -0.2) is 0 Å². The molecule has 5 heteroatoms. The normalized spacial score (nSPS) is 19.7. The number of anilines is 1. The van der Waals surface area contributed by atoms with Crippen LogP contribution < -0.4 is 5.32 Å². The summed E-state index contributed by atoms with van der Waals surface area (Å²) in [5, 5.41) is 14.3. The van der Waals surface area contributed by atoms with Crippen LogP contribution in [0.3, 0.4) is 0 Å². The minimum Gasteiger partial charge on any atom is -0.374 e. The molecule has 0 aliphatic carbocycles. The van der Waals surface area contributed by atoms with Crippen LogP contribution in [0.25, 0.3) is 0 Å². The van der Waals surface area contributed by atoms with E-state index in [1.54, 1.807) is 0 Å². The molecule has 0 spiro atoms. The fourth-order valence-corrected chi connectivity index (χ4v) is 2.56. The minimum absolute atomic E-state index is 0.474. The van der Waals surface area contributed by atoms with Gasteiger partial charge in [0.05, 0.1) is 0 Å². The molecule has 0 radical (unpaired) electrons. The van der Waals surface area contributed by atoms with Gasteiger partial charge in [0.25, 0.3) is 0 Å². The standard InChI is InChI=1S/C13H17ClN2OS/c1-9-5-6-10(14)8-11(9)15-13(18)16-7-3-2-4-12(16)17/h5-6,8,12,17H,2-4,7H2,1H3,(H,15,18)/t12-/m1/s1. The minimum atomic E-state index is -0.474. The third kappa shape index (κ3) is 3.13. The highest BCUT2D eigenvalue weighted by atomic mass is 35.5. The van der Waals surface area contributed by atoms with Crippen molar-refractivity contribution in [1.29, 1.82) is 0 Å². The maximum absolute atomic E-state index is 9.91. The third-order valence-electron chi connectivity index (χ3n) is 3.17. The van der Waals surface area contributed by atoms with Crippen molar-refractivity contribution in [1.82, 2.24) is 4.90 Å². The Labute approximate surface area is 118 Å². The van der Waals surface area contributed by atoms with Crippen LogP contribution in [0.5, 0.6) is 0 Å². The topological polar surface area (TPSA) is 35.5 Å². The summed E-state index contributed by atoms with van der Waals surface area (Å²) >= 11 is 11.3. The Morgan fingerprint density at radius 2 is 2.28 bits per heavy atom. The Bertz CT molecular complexity index is 453. The number of halogens is 1. The number of likely N-dealkylation sites (tertiary alicyclic amines) is 1. The monoisotopic (exact) mass is 284 g/mol. The number of aliphatic hydroxyl groups excluding tert-OH is 1. The Kier molecular flexibility index (Phi) is 4.43. The molecule has 0 unspecified atom stereocenters. The predicted octanol–water partition coefficient (Wildman–Crippen LogP) is 3.15. The van der Waals surface area contributed by atoms with Crippen molar-refractivity contribution in [3.8, 4) is 0 Å². The molecule has 0 amide bonds. The van der Waals surface area contributed by atoms with Crippen molar-refractivity contribution in [2.75, 3.05) is 11.9 Å². The molecule has 0 bridgehead atoms. The van der Waals surface area contributed by atoms with Crippen LogP contribution >= 0.6 is 23.8 Å². The summed E-state index contributed by atoms with van der Waals surface area (Å²) in [5.74, 6) is 0. The molecule has 0 saturated carbocycles. The number of benzene rings is 1. The number of nitrogens with zero attached hydrogens (tertiary/aromatic N) is 1. The van der Waals surface area contributed by atoms with E-state index in [1.165, 1.54) is 0 Å². The van der Waals surface area contributed by atoms with Crippen molar-refractivity contribution in [3.05, 3.63) is 28.8 Å². The molecule has 1 fully saturated rings. The second-order valence-electron chi connectivity index (χ2n) is 4.56. The van der Waals surface area contributed by atoms with Gasteiger partial charge in [0.2, 0.25) is 0 Å². The predicted molar refractivity (Wildman–Crippen MR) is 79.0 cm³/mol. The van der Waals surface area contributed by atoms with E-state index in [0.717, 1.165) is 37.1 Å². The first-order chi connectivity index (χ1) is 8.58. The van der Waals surface area contributed by atoms with Crippen molar-refractivity contribution in [2.45, 2.75) is 32.4 Å². The van der Waals surface area contributed by atoms with Gasteiger partial charge in [0, 0.05) is 17.3 Å². The third-order valence-corrected chi connectivity index (χ3v) is 3.74. The van der Waals surface area contributed by atoms with Crippen LogP contribution in [0.4, 0.5) is 5.69 Å². The van der Waals surface area contributed by atoms with E-state index in [2.05, 4.69) is 5.32 Å². The number of rotatable bonds is 1. The highest BCUT2D eigenvalue weighted by Crippen LogP contribution is 2.22. The van der Waals surface area contributed by atoms with Gasteiger partial charge in [-0.05, 0) is 56.1 Å². The SMILES string of the molecule is Cc1ccc(Cl)cc1NC(=S)N1CCCC[C@H]1O. The zero-order valence-corrected chi connectivity index (χ0v) is 11.9. The summed E-state index contributed by atoms with van der Waals surface area (Å²) in [6.45, 7) is 2.79. The molecule has 98 valence electrons. The quantitative estimate of drug-likeness (QED) is 0.777. The molecule has 18 heavy (non-hydrogen) atoms. The summed E-state index contributed by atoms with van der Waals surface area (Å²) in [7, 11) is 0. The molecule has 1 atom stereocenters. The van der Waals surface area contributed by atoms with E-state index < -0.39 is 6.23 Å². The molecule has 1 aliphatic heterocycles. The van der Waals surface area contributed by atoms with Gasteiger partial charge in [0.15, 0.2) is 5.11 Å². The fraction of sp³-hybridized carbons (Fsp3) is 0.462. The summed E-state index contributed by atoms with van der Waals surface area (Å²) in [6.07, 6.45) is 2.42. The van der Waals surface area contributed by atoms with E-state index in [-0.39, 0.29) is 0 Å². The lowest BCUT2D eigenvalue weighted by molar-refractivity contribution is 0.0255. The van der Waals surface area contributed by atoms with E-state index in [1.807, 2.05) is 30.0 Å². The lowest BCUT2D eigenvalue weighted by Crippen LogP contribution is -2.45. The average molecular weight is 285 g/mol. The van der Waals surface area contributed by atoms with Crippen LogP contribution in [0, 0.1) is 6.92 Å². The Morgan fingerprint density at radius 3 is 3.00 bits per heavy atom. The number of aryl methyl sites for hydroxylation is 1. The number of piperidine rings is 1. The fourth-order valence-electron chi connectivity index (χ4n) is 2.07. The van der Waals surface area contributed by atoms with Gasteiger partial charge in [-0.15, -0.1) is 0 Å². The van der Waals surface area contributed by atoms with Crippen LogP contribution in [0.1, 0.15) is 24.8 Å². The number of nitrogens with one attached hydrogen (secondary N) is 1. The zero-order chi connectivity index (χ0) is 13.1. The van der Waals surface area contributed by atoms with E-state index in [9.17, 15) is 5.11 Å². The molecule has 1 aromatic rings. The Balaban J connectivity index is 2.08. The molecule has 2 N–H and O–H groups in total. The van der Waals surface area contributed by atoms with Crippen molar-refractivity contribution >= 4 is 34.6 Å². The van der Waals surface area contributed by atoms with Gasteiger partial charge >= 0.3 is 0 Å². The highest BCUT2D eigenvalue weighted by Gasteiger charge is 2.22. The number of hydrogen-bond acceptors (Lipinski definition) is 2. The van der Waals surface area contributed by atoms with E-state index in [0.29, 0.717) is 10.1 Å². The summed E-state index contributed by atoms with van der Waals surface area (Å²) in [5.41, 5.74) is 1.97. The van der Waals surface area contributed by atoms with Gasteiger partial charge in [0.1, 0.15) is 6.23 Å². The largest absolute Gasteiger partial charge is 0.374 e. The molecule has 0 aromatic heterocycles. The van der Waals surface area contributed by atoms with Crippen molar-refractivity contribution in [2.24, 2.45) is 0 Å². The molecular formula is C13H17ClN2OS. The maximum atomic E-state index is 9.91. The van der Waals surface area contributed by atoms with Gasteiger partial charge in [-0.3, -0.25) is 0 Å². The molecular weight excluding hydrogens is 268 g/mol. The first kappa shape index (κ1) is 13.6. The Morgan fingerprint density at radius 1 is 1.50 bits per heavy atom. The van der Waals surface area contributed by atoms with E-state index >= 15 is 0 Å². The smallest absolute Gasteiger partial charge is 0.175 e. The number of hydrogen-bond donors (Lipinski definition) is 2. The van der Waals surface area contributed by atoms with Gasteiger partial charge < -0.3 is 15.3 Å². The number of thiocarbonyl (C=S) groups is 1. The van der Waals surface area contributed by atoms with Crippen LogP contribution in [-0.4, -0.2) is 27.9 Å². The molecule has 1 heterocycles. The average Bonchev–Trinajstić information content (AvgIpc) is 2.34. The summed E-state index contributed by atoms with van der Waals surface area (Å²) in [6, 6.07) is 5.64. The summed E-state index contributed by atoms with van der Waals surface area (Å²) in [4.78, 5) is 1.83. The lowest BCUT2D eigenvalue weighted by Gasteiger charge is -2.34. The maximum Gasteiger partial charge on any atom is 0.175 e. The van der Waals surface area contributed by atoms with Crippen molar-refractivity contribution in [3.63, 3.8) is 0 Å². The molecule has 1 saturated heterocycles. The highest BCUT2D eigenvalue weighted by molar-refractivity contribution is 7.80. The molecule has 1 aliphatic rings. The van der Waals surface area contributed by atoms with Gasteiger partial charge in [-0.2, -0.15) is 0 Å². The van der Waals surface area contributed by atoms with Crippen LogP contribution in [0.2, 0.25) is 5.02 Å². The lowest BCUT2D eigenvalue weighted by atomic mass is 10.1. The van der Waals surface area contributed by atoms with Gasteiger partial charge in [-0.1, -0.05) is 17.7 Å². The second-order valence-corrected chi connectivity index (χ2v) is 5.38. The zero-order valence-electron chi connectivity index (χ0n) is 10.3. The first-order valence-electron chi connectivity index (χ1n) is 6.10. The first-order valence-corrected chi connectivity index (χ1v) is 6.88.